The van der Waals surface area contributed by atoms with Crippen molar-refractivity contribution in [3.8, 4) is 5.75 Å². The number of fused-ring (bicyclic) bond motifs is 1. The maximum atomic E-state index is 11.5. The number of anilines is 1. The van der Waals surface area contributed by atoms with Crippen molar-refractivity contribution in [2.24, 2.45) is 5.73 Å². The van der Waals surface area contributed by atoms with Crippen molar-refractivity contribution in [2.45, 2.75) is 33.1 Å². The molecule has 0 bridgehead atoms. The predicted molar refractivity (Wildman–Crippen MR) is 94.2 cm³/mol. The van der Waals surface area contributed by atoms with Gasteiger partial charge in [0.1, 0.15) is 11.6 Å². The van der Waals surface area contributed by atoms with Crippen molar-refractivity contribution in [3.05, 3.63) is 30.0 Å². The van der Waals surface area contributed by atoms with Gasteiger partial charge in [0, 0.05) is 24.7 Å². The fraction of sp³-hybridized carbons (Fsp3) is 0.444. The maximum Gasteiger partial charge on any atom is 0.252 e. The molecule has 1 aliphatic rings. The topological polar surface area (TPSA) is 68.4 Å². The third kappa shape index (κ3) is 3.55. The van der Waals surface area contributed by atoms with Gasteiger partial charge in [-0.15, -0.1) is 0 Å². The average molecular weight is 315 g/mol. The van der Waals surface area contributed by atoms with Gasteiger partial charge in [-0.3, -0.25) is 4.79 Å². The fourth-order valence-corrected chi connectivity index (χ4v) is 2.90. The van der Waals surface area contributed by atoms with Crippen molar-refractivity contribution in [1.82, 2.24) is 4.98 Å². The van der Waals surface area contributed by atoms with Crippen LogP contribution in [-0.2, 0) is 0 Å². The van der Waals surface area contributed by atoms with Gasteiger partial charge in [-0.25, -0.2) is 4.98 Å². The standard InChI is InChI=1S/C16H19N3O2.C2H6/c1-21-14-10-12-11(9-13(14)15(17)20)5-6-18-16(12)19-7-3-2-4-8-19;1-2/h5-6,9-10H,2-4,7-8H2,1H3,(H2,17,20);1-2H3. The summed E-state index contributed by atoms with van der Waals surface area (Å²) in [7, 11) is 1.55. The Balaban J connectivity index is 0.000000924. The summed E-state index contributed by atoms with van der Waals surface area (Å²) in [6.07, 6.45) is 5.43. The minimum Gasteiger partial charge on any atom is -0.496 e. The fourth-order valence-electron chi connectivity index (χ4n) is 2.90. The van der Waals surface area contributed by atoms with E-state index >= 15 is 0 Å². The first-order valence-corrected chi connectivity index (χ1v) is 8.22. The lowest BCUT2D eigenvalue weighted by atomic mass is 10.0. The van der Waals surface area contributed by atoms with Gasteiger partial charge in [0.25, 0.3) is 5.91 Å². The summed E-state index contributed by atoms with van der Waals surface area (Å²) in [5, 5.41) is 1.96. The van der Waals surface area contributed by atoms with E-state index in [9.17, 15) is 4.79 Å². The number of primary amides is 1. The molecule has 5 nitrogen and oxygen atoms in total. The molecule has 2 N–H and O–H groups in total. The van der Waals surface area contributed by atoms with Crippen LogP contribution in [0.3, 0.4) is 0 Å². The predicted octanol–water partition coefficient (Wildman–Crippen LogP) is 3.36. The summed E-state index contributed by atoms with van der Waals surface area (Å²) in [4.78, 5) is 18.4. The van der Waals surface area contributed by atoms with E-state index in [0.717, 1.165) is 29.7 Å². The van der Waals surface area contributed by atoms with Crippen LogP contribution in [0.2, 0.25) is 0 Å². The Kier molecular flexibility index (Phi) is 5.79. The van der Waals surface area contributed by atoms with Crippen LogP contribution >= 0.6 is 0 Å². The largest absolute Gasteiger partial charge is 0.496 e. The lowest BCUT2D eigenvalue weighted by Gasteiger charge is -2.28. The first-order valence-electron chi connectivity index (χ1n) is 8.22. The van der Waals surface area contributed by atoms with E-state index in [1.807, 2.05) is 26.0 Å². The molecule has 0 unspecified atom stereocenters. The number of rotatable bonds is 3. The van der Waals surface area contributed by atoms with Gasteiger partial charge in [-0.2, -0.15) is 0 Å². The van der Waals surface area contributed by atoms with E-state index in [1.54, 1.807) is 19.4 Å². The number of pyridine rings is 1. The van der Waals surface area contributed by atoms with Gasteiger partial charge >= 0.3 is 0 Å². The maximum absolute atomic E-state index is 11.5. The van der Waals surface area contributed by atoms with Gasteiger partial charge in [0.15, 0.2) is 0 Å². The summed E-state index contributed by atoms with van der Waals surface area (Å²) in [5.74, 6) is 0.980. The Labute approximate surface area is 137 Å². The van der Waals surface area contributed by atoms with Crippen molar-refractivity contribution in [2.75, 3.05) is 25.1 Å². The van der Waals surface area contributed by atoms with Gasteiger partial charge in [-0.1, -0.05) is 13.8 Å². The van der Waals surface area contributed by atoms with Gasteiger partial charge in [-0.05, 0) is 42.8 Å². The smallest absolute Gasteiger partial charge is 0.252 e. The number of hydrogen-bond acceptors (Lipinski definition) is 4. The molecule has 1 aliphatic heterocycles. The number of aromatic nitrogens is 1. The number of ether oxygens (including phenoxy) is 1. The van der Waals surface area contributed by atoms with E-state index in [2.05, 4.69) is 9.88 Å². The molecule has 23 heavy (non-hydrogen) atoms. The number of amides is 1. The molecule has 0 radical (unpaired) electrons. The Morgan fingerprint density at radius 3 is 2.52 bits per heavy atom. The first-order chi connectivity index (χ1) is 11.2. The third-order valence-corrected chi connectivity index (χ3v) is 3.98. The highest BCUT2D eigenvalue weighted by atomic mass is 16.5. The van der Waals surface area contributed by atoms with E-state index in [1.165, 1.54) is 19.3 Å². The normalized spacial score (nSPS) is 14.1. The molecular weight excluding hydrogens is 290 g/mol. The molecule has 0 saturated carbocycles. The lowest BCUT2D eigenvalue weighted by Crippen LogP contribution is -2.30. The number of carbonyl (C=O) groups excluding carboxylic acids is 1. The molecule has 1 aromatic carbocycles. The second kappa shape index (κ2) is 7.81. The molecular formula is C18H25N3O2. The van der Waals surface area contributed by atoms with E-state index < -0.39 is 5.91 Å². The van der Waals surface area contributed by atoms with Gasteiger partial charge in [0.05, 0.1) is 12.7 Å². The highest BCUT2D eigenvalue weighted by molar-refractivity contribution is 6.03. The Morgan fingerprint density at radius 2 is 1.91 bits per heavy atom. The van der Waals surface area contributed by atoms with Gasteiger partial charge in [0.2, 0.25) is 0 Å². The second-order valence-corrected chi connectivity index (χ2v) is 5.32. The molecule has 0 aliphatic carbocycles. The number of nitrogens with zero attached hydrogens (tertiary/aromatic N) is 2. The van der Waals surface area contributed by atoms with Crippen LogP contribution in [0.25, 0.3) is 10.8 Å². The summed E-state index contributed by atoms with van der Waals surface area (Å²) >= 11 is 0. The zero-order chi connectivity index (χ0) is 16.8. The molecule has 124 valence electrons. The van der Waals surface area contributed by atoms with Crippen LogP contribution in [0.4, 0.5) is 5.82 Å². The quantitative estimate of drug-likeness (QED) is 0.943. The Hall–Kier alpha value is -2.30. The zero-order valence-electron chi connectivity index (χ0n) is 14.1. The summed E-state index contributed by atoms with van der Waals surface area (Å²) < 4.78 is 5.31. The van der Waals surface area contributed by atoms with E-state index in [4.69, 9.17) is 10.5 Å². The summed E-state index contributed by atoms with van der Waals surface area (Å²) in [6, 6.07) is 5.55. The van der Waals surface area contributed by atoms with Crippen molar-refractivity contribution in [3.63, 3.8) is 0 Å². The van der Waals surface area contributed by atoms with Gasteiger partial charge < -0.3 is 15.4 Å². The van der Waals surface area contributed by atoms with Crippen LogP contribution in [-0.4, -0.2) is 31.1 Å². The summed E-state index contributed by atoms with van der Waals surface area (Å²) in [6.45, 7) is 6.04. The molecule has 1 saturated heterocycles. The number of nitrogens with two attached hydrogens (primary N) is 1. The van der Waals surface area contributed by atoms with Crippen molar-refractivity contribution in [1.29, 1.82) is 0 Å². The highest BCUT2D eigenvalue weighted by Crippen LogP contribution is 2.32. The molecule has 2 heterocycles. The molecule has 5 heteroatoms. The SMILES string of the molecule is CC.COc1cc2c(N3CCCCC3)nccc2cc1C(N)=O. The number of hydrogen-bond donors (Lipinski definition) is 1. The second-order valence-electron chi connectivity index (χ2n) is 5.32. The molecule has 0 spiro atoms. The van der Waals surface area contributed by atoms with Crippen molar-refractivity contribution >= 4 is 22.5 Å². The van der Waals surface area contributed by atoms with Crippen LogP contribution in [0.5, 0.6) is 5.75 Å². The number of benzene rings is 1. The molecule has 1 fully saturated rings. The number of piperidine rings is 1. The third-order valence-electron chi connectivity index (χ3n) is 3.98. The molecule has 1 aromatic heterocycles. The van der Waals surface area contributed by atoms with Crippen LogP contribution < -0.4 is 15.4 Å². The minimum absolute atomic E-state index is 0.404. The lowest BCUT2D eigenvalue weighted by molar-refractivity contribution is 0.0997. The van der Waals surface area contributed by atoms with Crippen LogP contribution in [0.1, 0.15) is 43.5 Å². The number of methoxy groups -OCH3 is 1. The Bertz CT molecular complexity index is 679. The van der Waals surface area contributed by atoms with Crippen LogP contribution in [0.15, 0.2) is 24.4 Å². The van der Waals surface area contributed by atoms with E-state index in [0.29, 0.717) is 11.3 Å². The van der Waals surface area contributed by atoms with E-state index in [-0.39, 0.29) is 0 Å². The molecule has 0 atom stereocenters. The molecule has 3 rings (SSSR count). The van der Waals surface area contributed by atoms with Crippen molar-refractivity contribution < 1.29 is 9.53 Å². The average Bonchev–Trinajstić information content (AvgIpc) is 2.62. The summed E-state index contributed by atoms with van der Waals surface area (Å²) in [5.41, 5.74) is 5.82. The monoisotopic (exact) mass is 315 g/mol. The van der Waals surface area contributed by atoms with Crippen LogP contribution in [0, 0.1) is 0 Å². The highest BCUT2D eigenvalue weighted by Gasteiger charge is 2.17. The molecule has 1 amide bonds. The number of carbonyl (C=O) groups is 1. The minimum atomic E-state index is -0.481. The zero-order valence-corrected chi connectivity index (χ0v) is 14.1. The first kappa shape index (κ1) is 17.1. The molecule has 2 aromatic rings. The Morgan fingerprint density at radius 1 is 1.22 bits per heavy atom.